The van der Waals surface area contributed by atoms with E-state index in [1.54, 1.807) is 0 Å². The normalized spacial score (nSPS) is 4.00. The van der Waals surface area contributed by atoms with Crippen LogP contribution in [0.4, 0.5) is 0 Å². The number of nitrogens with zero attached hydrogens (tertiary/aromatic N) is 1. The summed E-state index contributed by atoms with van der Waals surface area (Å²) in [5.74, 6) is 0. The van der Waals surface area contributed by atoms with Gasteiger partial charge in [0, 0.05) is 17.1 Å². The molecule has 0 saturated carbocycles. The average molecular weight is 126 g/mol. The predicted molar refractivity (Wildman–Crippen MR) is 15.9 cm³/mol. The molecular weight excluding hydrogens is 124 g/mol. The summed E-state index contributed by atoms with van der Waals surface area (Å²) in [6, 6.07) is 0. The van der Waals surface area contributed by atoms with Gasteiger partial charge in [-0.25, -0.2) is 0 Å². The van der Waals surface area contributed by atoms with E-state index in [2.05, 4.69) is 0 Å². The van der Waals surface area contributed by atoms with Crippen LogP contribution >= 0.6 is 0 Å². The van der Waals surface area contributed by atoms with Crippen molar-refractivity contribution in [3.8, 4) is 0 Å². The average Bonchev–Trinajstić information content (AvgIpc) is 0.811. The zero-order chi connectivity index (χ0) is 3.58. The summed E-state index contributed by atoms with van der Waals surface area (Å²) in [6.07, 6.45) is 0. The third-order valence-electron chi connectivity index (χ3n) is 0. The van der Waals surface area contributed by atoms with Crippen molar-refractivity contribution in [2.45, 2.75) is 0 Å². The van der Waals surface area contributed by atoms with Gasteiger partial charge in [-0.1, -0.05) is 0 Å². The minimum atomic E-state index is -1.50. The number of hydrogen-bond acceptors (Lipinski definition) is 2. The predicted octanol–water partition coefficient (Wildman–Crippen LogP) is -0.999. The summed E-state index contributed by atoms with van der Waals surface area (Å²) in [4.78, 5) is 8.36. The Morgan fingerprint density at radius 2 is 1.67 bits per heavy atom. The van der Waals surface area contributed by atoms with Crippen LogP contribution in [0.3, 0.4) is 0 Å². The second-order valence-electron chi connectivity index (χ2n) is 0.238. The van der Waals surface area contributed by atoms with Crippen molar-refractivity contribution in [2.75, 3.05) is 0 Å². The molecule has 0 unspecified atom stereocenters. The molecule has 33 valence electrons. The zero-order valence-electron chi connectivity index (χ0n) is 2.09. The van der Waals surface area contributed by atoms with Crippen LogP contribution in [0.2, 0.25) is 0 Å². The van der Waals surface area contributed by atoms with Gasteiger partial charge in [-0.2, -0.15) is 0 Å². The minimum absolute atomic E-state index is 0. The van der Waals surface area contributed by atoms with Gasteiger partial charge in [0.1, 0.15) is 0 Å². The van der Waals surface area contributed by atoms with E-state index < -0.39 is 5.09 Å². The van der Waals surface area contributed by atoms with E-state index in [1.165, 1.54) is 0 Å². The largest absolute Gasteiger partial charge is 0 e. The quantitative estimate of drug-likeness (QED) is 0.257. The third kappa shape index (κ3) is 473. The second-order valence-corrected chi connectivity index (χ2v) is 0.238. The van der Waals surface area contributed by atoms with Crippen LogP contribution in [-0.2, 0) is 17.1 Å². The van der Waals surface area contributed by atoms with E-state index in [0.717, 1.165) is 0 Å². The Labute approximate surface area is 56.7 Å². The second kappa shape index (κ2) is 9.01. The Bertz CT molecular complexity index is 33.8. The molecule has 0 heterocycles. The molecule has 0 aromatic heterocycles. The topological polar surface area (TPSA) is 63.4 Å². The van der Waals surface area contributed by atoms with Crippen molar-refractivity contribution in [1.29, 1.82) is 0 Å². The summed E-state index contributed by atoms with van der Waals surface area (Å²) in [5.41, 5.74) is 0. The van der Waals surface area contributed by atoms with Gasteiger partial charge in [0.05, 0.1) is 0 Å². The van der Waals surface area contributed by atoms with Crippen molar-refractivity contribution in [2.24, 2.45) is 0 Å². The first-order valence-electron chi connectivity index (χ1n) is 0.565. The Morgan fingerprint density at radius 1 is 1.67 bits per heavy atom. The maximum Gasteiger partial charge on any atom is 0 e. The van der Waals surface area contributed by atoms with Crippen LogP contribution in [0, 0.1) is 10.1 Å². The van der Waals surface area contributed by atoms with Gasteiger partial charge >= 0.3 is 18.9 Å². The first kappa shape index (κ1) is 16.2. The van der Waals surface area contributed by atoms with E-state index in [4.69, 9.17) is 15.3 Å². The molecule has 0 rings (SSSR count). The first-order chi connectivity index (χ1) is 1.73. The van der Waals surface area contributed by atoms with Crippen LogP contribution in [-0.4, -0.2) is 29.2 Å². The molecule has 0 amide bonds. The molecule has 0 spiro atoms. The molecule has 0 aliphatic carbocycles. The summed E-state index contributed by atoms with van der Waals surface area (Å²) in [7, 11) is 0. The molecule has 0 atom stereocenters. The Hall–Kier alpha value is 0.317. The fourth-order valence-electron chi connectivity index (χ4n) is 0. The fourth-order valence-corrected chi connectivity index (χ4v) is 0. The van der Waals surface area contributed by atoms with Crippen molar-refractivity contribution in [1.82, 2.24) is 0 Å². The molecule has 4 nitrogen and oxygen atoms in total. The Kier molecular flexibility index (Phi) is 24.4. The standard InChI is InChI=1S/Li.Mn.HNO3.H/c;;2-1(3)4;/h;;(H,2,3,4);. The van der Waals surface area contributed by atoms with Crippen molar-refractivity contribution >= 4 is 18.9 Å². The Balaban J connectivity index is -0.0000000450. The monoisotopic (exact) mass is 126 g/mol. The molecule has 0 saturated heterocycles. The van der Waals surface area contributed by atoms with Crippen molar-refractivity contribution in [3.05, 3.63) is 10.1 Å². The van der Waals surface area contributed by atoms with E-state index in [0.29, 0.717) is 0 Å². The van der Waals surface area contributed by atoms with Crippen LogP contribution < -0.4 is 0 Å². The third-order valence-corrected chi connectivity index (χ3v) is 0. The van der Waals surface area contributed by atoms with E-state index in [1.807, 2.05) is 0 Å². The molecule has 0 bridgehead atoms. The number of hydrogen-bond donors (Lipinski definition) is 1. The van der Waals surface area contributed by atoms with Gasteiger partial charge in [0.25, 0.3) is 5.09 Å². The van der Waals surface area contributed by atoms with Crippen molar-refractivity contribution < 1.29 is 27.4 Å². The molecule has 0 aromatic carbocycles. The zero-order valence-corrected chi connectivity index (χ0v) is 3.27. The summed E-state index contributed by atoms with van der Waals surface area (Å²) < 4.78 is 0. The molecular formula is H2LiMnNO3. The van der Waals surface area contributed by atoms with Gasteiger partial charge in [-0.05, 0) is 0 Å². The molecule has 1 N–H and O–H groups in total. The summed E-state index contributed by atoms with van der Waals surface area (Å²) >= 11 is 0. The van der Waals surface area contributed by atoms with Gasteiger partial charge in [0.2, 0.25) is 0 Å². The molecule has 0 aliphatic heterocycles. The van der Waals surface area contributed by atoms with Crippen molar-refractivity contribution in [3.63, 3.8) is 0 Å². The summed E-state index contributed by atoms with van der Waals surface area (Å²) in [6.45, 7) is 0. The minimum Gasteiger partial charge on any atom is 0 e. The maximum absolute atomic E-state index is 8.36. The smallest absolute Gasteiger partial charge is 0 e. The molecule has 0 aliphatic rings. The molecule has 6 heteroatoms. The van der Waals surface area contributed by atoms with Gasteiger partial charge in [-0.3, -0.25) is 0 Å². The molecule has 0 aromatic rings. The van der Waals surface area contributed by atoms with Crippen LogP contribution in [0.1, 0.15) is 0 Å². The summed E-state index contributed by atoms with van der Waals surface area (Å²) in [5, 5.41) is 13.6. The van der Waals surface area contributed by atoms with Gasteiger partial charge in [-0.15, -0.1) is 10.1 Å². The van der Waals surface area contributed by atoms with E-state index in [9.17, 15) is 0 Å². The molecule has 0 fully saturated rings. The number of rotatable bonds is 0. The molecule has 1 radical (unpaired) electrons. The molecule has 6 heavy (non-hydrogen) atoms. The maximum atomic E-state index is 8.36. The van der Waals surface area contributed by atoms with E-state index >= 15 is 0 Å². The van der Waals surface area contributed by atoms with Crippen LogP contribution in [0.5, 0.6) is 0 Å². The Morgan fingerprint density at radius 3 is 1.67 bits per heavy atom. The van der Waals surface area contributed by atoms with E-state index in [-0.39, 0.29) is 35.9 Å². The van der Waals surface area contributed by atoms with Crippen LogP contribution in [0.25, 0.3) is 0 Å². The SMILES string of the molecule is O=[N+]([O-])O.[LiH].[Mn]. The fraction of sp³-hybridized carbons (Fsp3) is 0. The van der Waals surface area contributed by atoms with Gasteiger partial charge in [0.15, 0.2) is 0 Å². The first-order valence-corrected chi connectivity index (χ1v) is 0.565. The van der Waals surface area contributed by atoms with Crippen LogP contribution in [0.15, 0.2) is 0 Å². The van der Waals surface area contributed by atoms with Gasteiger partial charge < -0.3 is 5.21 Å².